The first-order valence-corrected chi connectivity index (χ1v) is 11.4. The van der Waals surface area contributed by atoms with Gasteiger partial charge in [0.25, 0.3) is 0 Å². The Labute approximate surface area is 176 Å². The third kappa shape index (κ3) is 3.80. The summed E-state index contributed by atoms with van der Waals surface area (Å²) in [6, 6.07) is 20.9. The van der Waals surface area contributed by atoms with E-state index in [4.69, 9.17) is 0 Å². The molecule has 0 saturated carbocycles. The molecule has 0 saturated heterocycles. The van der Waals surface area contributed by atoms with Gasteiger partial charge in [-0.05, 0) is 28.2 Å². The molecule has 2 unspecified atom stereocenters. The SMILES string of the molecule is CCC[SiH2]CC(C1C=Cc2ccccc21)C1C=Cc2ccccc21.[NaH]. The van der Waals surface area contributed by atoms with E-state index in [2.05, 4.69) is 79.8 Å². The van der Waals surface area contributed by atoms with Gasteiger partial charge in [-0.25, -0.2) is 0 Å². The molecule has 0 fully saturated rings. The van der Waals surface area contributed by atoms with E-state index >= 15 is 0 Å². The third-order valence-corrected chi connectivity index (χ3v) is 8.02. The second kappa shape index (κ2) is 8.68. The van der Waals surface area contributed by atoms with Crippen LogP contribution in [0, 0.1) is 5.92 Å². The van der Waals surface area contributed by atoms with Crippen molar-refractivity contribution in [3.8, 4) is 0 Å². The summed E-state index contributed by atoms with van der Waals surface area (Å²) in [7, 11) is 0.0284. The zero-order valence-corrected chi connectivity index (χ0v) is 15.9. The van der Waals surface area contributed by atoms with Gasteiger partial charge in [-0.1, -0.05) is 98.3 Å². The van der Waals surface area contributed by atoms with Gasteiger partial charge in [-0.15, -0.1) is 0 Å². The average molecular weight is 355 g/mol. The van der Waals surface area contributed by atoms with E-state index < -0.39 is 0 Å². The Bertz CT molecular complexity index is 716. The molecule has 0 spiro atoms. The van der Waals surface area contributed by atoms with Gasteiger partial charge in [-0.2, -0.15) is 0 Å². The first kappa shape index (κ1) is 18.9. The number of benzene rings is 2. The van der Waals surface area contributed by atoms with E-state index in [9.17, 15) is 0 Å². The van der Waals surface area contributed by atoms with Crippen LogP contribution in [0.25, 0.3) is 12.2 Å². The molecule has 0 radical (unpaired) electrons. The van der Waals surface area contributed by atoms with E-state index in [1.807, 2.05) is 0 Å². The molecule has 0 bridgehead atoms. The molecule has 2 heteroatoms. The van der Waals surface area contributed by atoms with Gasteiger partial charge in [0.1, 0.15) is 0 Å². The third-order valence-electron chi connectivity index (χ3n) is 5.74. The molecule has 25 heavy (non-hydrogen) atoms. The monoisotopic (exact) mass is 354 g/mol. The van der Waals surface area contributed by atoms with E-state index in [0.29, 0.717) is 11.8 Å². The molecule has 2 atom stereocenters. The molecular formula is C23H27NaSi. The fourth-order valence-corrected chi connectivity index (χ4v) is 6.49. The standard InChI is InChI=1S/C23H26Si.Na.H/c1-2-15-24-16-23(21-13-11-17-7-3-5-9-19(17)21)22-14-12-18-8-4-6-10-20(18)22;;/h3-14,21-23H,2,15-16,24H2,1H3;;. The fourth-order valence-electron chi connectivity index (χ4n) is 4.51. The van der Waals surface area contributed by atoms with Gasteiger partial charge in [0.05, 0.1) is 0 Å². The summed E-state index contributed by atoms with van der Waals surface area (Å²) in [6.45, 7) is 2.33. The number of rotatable bonds is 6. The Balaban J connectivity index is 0.00000182. The Hall–Kier alpha value is -0.863. The number of fused-ring (bicyclic) bond motifs is 2. The fraction of sp³-hybridized carbons (Fsp3) is 0.304. The molecule has 4 rings (SSSR count). The van der Waals surface area contributed by atoms with E-state index in [1.54, 1.807) is 11.1 Å². The Kier molecular flexibility index (Phi) is 6.57. The van der Waals surface area contributed by atoms with Crippen LogP contribution in [0.5, 0.6) is 0 Å². The van der Waals surface area contributed by atoms with Crippen LogP contribution in [0.4, 0.5) is 0 Å². The second-order valence-electron chi connectivity index (χ2n) is 7.19. The molecule has 2 aliphatic rings. The minimum atomic E-state index is 0. The maximum absolute atomic E-state index is 2.48. The van der Waals surface area contributed by atoms with Crippen molar-refractivity contribution in [3.63, 3.8) is 0 Å². The second-order valence-corrected chi connectivity index (χ2v) is 9.18. The van der Waals surface area contributed by atoms with Gasteiger partial charge >= 0.3 is 29.6 Å². The summed E-state index contributed by atoms with van der Waals surface area (Å²) in [5.41, 5.74) is 5.95. The van der Waals surface area contributed by atoms with Crippen molar-refractivity contribution in [3.05, 3.63) is 82.9 Å². The molecular weight excluding hydrogens is 327 g/mol. The van der Waals surface area contributed by atoms with Crippen molar-refractivity contribution in [2.75, 3.05) is 0 Å². The van der Waals surface area contributed by atoms with E-state index in [0.717, 1.165) is 5.92 Å². The van der Waals surface area contributed by atoms with Crippen molar-refractivity contribution < 1.29 is 0 Å². The van der Waals surface area contributed by atoms with Gasteiger partial charge in [-0.3, -0.25) is 0 Å². The van der Waals surface area contributed by atoms with Crippen molar-refractivity contribution in [1.82, 2.24) is 0 Å². The number of hydrogen-bond donors (Lipinski definition) is 0. The molecule has 0 heterocycles. The van der Waals surface area contributed by atoms with Crippen molar-refractivity contribution in [2.24, 2.45) is 5.92 Å². The summed E-state index contributed by atoms with van der Waals surface area (Å²) in [5, 5.41) is 0. The van der Waals surface area contributed by atoms with Crippen LogP contribution >= 0.6 is 0 Å². The average Bonchev–Trinajstić information content (AvgIpc) is 3.24. The Morgan fingerprint density at radius 3 is 1.88 bits per heavy atom. The van der Waals surface area contributed by atoms with Crippen LogP contribution in [0.2, 0.25) is 12.1 Å². The molecule has 0 aromatic heterocycles. The summed E-state index contributed by atoms with van der Waals surface area (Å²) in [4.78, 5) is 0. The van der Waals surface area contributed by atoms with E-state index in [-0.39, 0.29) is 39.1 Å². The molecule has 2 aromatic rings. The molecule has 2 aliphatic carbocycles. The van der Waals surface area contributed by atoms with Crippen LogP contribution in [0.15, 0.2) is 60.7 Å². The molecule has 124 valence electrons. The summed E-state index contributed by atoms with van der Waals surface area (Å²) < 4.78 is 0. The zero-order valence-electron chi connectivity index (χ0n) is 14.5. The molecule has 0 aliphatic heterocycles. The molecule has 0 N–H and O–H groups in total. The number of allylic oxidation sites excluding steroid dienone is 2. The first-order valence-electron chi connectivity index (χ1n) is 9.42. The van der Waals surface area contributed by atoms with Crippen LogP contribution in [0.1, 0.15) is 47.4 Å². The van der Waals surface area contributed by atoms with Gasteiger partial charge in [0.15, 0.2) is 0 Å². The predicted octanol–water partition coefficient (Wildman–Crippen LogP) is 4.99. The van der Waals surface area contributed by atoms with Crippen molar-refractivity contribution in [2.45, 2.75) is 37.3 Å². The zero-order chi connectivity index (χ0) is 16.4. The van der Waals surface area contributed by atoms with Gasteiger partial charge in [0.2, 0.25) is 0 Å². The van der Waals surface area contributed by atoms with Crippen LogP contribution < -0.4 is 0 Å². The van der Waals surface area contributed by atoms with Gasteiger partial charge in [0, 0.05) is 21.4 Å². The molecule has 0 nitrogen and oxygen atoms in total. The number of hydrogen-bond acceptors (Lipinski definition) is 0. The summed E-state index contributed by atoms with van der Waals surface area (Å²) in [5.74, 6) is 1.90. The first-order chi connectivity index (χ1) is 11.9. The predicted molar refractivity (Wildman–Crippen MR) is 116 cm³/mol. The Morgan fingerprint density at radius 2 is 1.36 bits per heavy atom. The maximum atomic E-state index is 2.48. The topological polar surface area (TPSA) is 0 Å². The van der Waals surface area contributed by atoms with Crippen LogP contribution in [0.3, 0.4) is 0 Å². The van der Waals surface area contributed by atoms with Crippen LogP contribution in [-0.2, 0) is 0 Å². The summed E-state index contributed by atoms with van der Waals surface area (Å²) >= 11 is 0. The summed E-state index contributed by atoms with van der Waals surface area (Å²) in [6.07, 6.45) is 11.0. The minimum absolute atomic E-state index is 0. The van der Waals surface area contributed by atoms with Crippen LogP contribution in [-0.4, -0.2) is 39.1 Å². The van der Waals surface area contributed by atoms with Crippen molar-refractivity contribution in [1.29, 1.82) is 0 Å². The molecule has 2 aromatic carbocycles. The van der Waals surface area contributed by atoms with E-state index in [1.165, 1.54) is 29.6 Å². The quantitative estimate of drug-likeness (QED) is 0.506. The van der Waals surface area contributed by atoms with Gasteiger partial charge < -0.3 is 0 Å². The van der Waals surface area contributed by atoms with Crippen molar-refractivity contribution >= 4 is 51.2 Å². The normalized spacial score (nSPS) is 21.3. The molecule has 0 amide bonds. The Morgan fingerprint density at radius 1 is 0.840 bits per heavy atom.